The van der Waals surface area contributed by atoms with E-state index < -0.39 is 6.09 Å². The van der Waals surface area contributed by atoms with E-state index in [0.717, 1.165) is 6.42 Å². The largest absolute Gasteiger partial charge is 0.465 e. The fraction of sp³-hybridized carbons (Fsp3) is 0.889. The summed E-state index contributed by atoms with van der Waals surface area (Å²) in [5.41, 5.74) is 5.84. The lowest BCUT2D eigenvalue weighted by molar-refractivity contribution is -0.00851. The van der Waals surface area contributed by atoms with Crippen LogP contribution in [0.1, 0.15) is 19.8 Å². The molecule has 0 aromatic heterocycles. The van der Waals surface area contributed by atoms with Gasteiger partial charge in [0.05, 0.1) is 12.6 Å². The maximum absolute atomic E-state index is 10.7. The number of ether oxygens (including phenoxy) is 1. The van der Waals surface area contributed by atoms with E-state index in [9.17, 15) is 4.79 Å². The maximum Gasteiger partial charge on any atom is 0.407 e. The Hall–Kier alpha value is -0.810. The average Bonchev–Trinajstić information content (AvgIpc) is 2.16. The zero-order valence-electron chi connectivity index (χ0n) is 8.48. The van der Waals surface area contributed by atoms with Crippen molar-refractivity contribution in [2.45, 2.75) is 31.9 Å². The molecule has 1 aliphatic rings. The van der Waals surface area contributed by atoms with E-state index in [4.69, 9.17) is 15.6 Å². The molecule has 0 spiro atoms. The van der Waals surface area contributed by atoms with Crippen LogP contribution in [-0.4, -0.2) is 47.9 Å². The molecule has 0 aromatic rings. The molecule has 5 heteroatoms. The molecule has 1 amide bonds. The Bertz CT molecular complexity index is 198. The van der Waals surface area contributed by atoms with Crippen molar-refractivity contribution in [2.75, 3.05) is 19.7 Å². The van der Waals surface area contributed by atoms with Crippen LogP contribution in [0, 0.1) is 0 Å². The molecule has 0 saturated carbocycles. The van der Waals surface area contributed by atoms with Crippen molar-refractivity contribution in [3.63, 3.8) is 0 Å². The van der Waals surface area contributed by atoms with Gasteiger partial charge in [-0.1, -0.05) is 6.92 Å². The highest BCUT2D eigenvalue weighted by Gasteiger charge is 2.29. The van der Waals surface area contributed by atoms with Gasteiger partial charge in [-0.15, -0.1) is 0 Å². The third-order valence-corrected chi connectivity index (χ3v) is 2.42. The zero-order valence-corrected chi connectivity index (χ0v) is 8.48. The Morgan fingerprint density at radius 2 is 2.43 bits per heavy atom. The summed E-state index contributed by atoms with van der Waals surface area (Å²) in [6.45, 7) is 3.58. The molecule has 0 bridgehead atoms. The first kappa shape index (κ1) is 11.3. The number of hydrogen-bond donors (Lipinski definition) is 2. The van der Waals surface area contributed by atoms with Crippen molar-refractivity contribution in [3.8, 4) is 0 Å². The third-order valence-electron chi connectivity index (χ3n) is 2.42. The first-order valence-corrected chi connectivity index (χ1v) is 5.00. The normalized spacial score (nSPS) is 27.7. The van der Waals surface area contributed by atoms with Gasteiger partial charge in [-0.05, 0) is 12.8 Å². The Labute approximate surface area is 83.8 Å². The second-order valence-electron chi connectivity index (χ2n) is 3.59. The van der Waals surface area contributed by atoms with Crippen molar-refractivity contribution in [2.24, 2.45) is 5.73 Å². The average molecular weight is 202 g/mol. The lowest BCUT2D eigenvalue weighted by Crippen LogP contribution is -2.53. The molecule has 0 aliphatic carbocycles. The zero-order chi connectivity index (χ0) is 10.6. The van der Waals surface area contributed by atoms with Crippen LogP contribution < -0.4 is 5.73 Å². The van der Waals surface area contributed by atoms with Crippen LogP contribution >= 0.6 is 0 Å². The molecule has 1 heterocycles. The SMILES string of the molecule is CCCO[C@@H]1CN(C(=O)O)CC[C@@H]1N. The Morgan fingerprint density at radius 1 is 1.71 bits per heavy atom. The number of carboxylic acid groups (broad SMARTS) is 1. The van der Waals surface area contributed by atoms with Crippen LogP contribution in [0.4, 0.5) is 4.79 Å². The fourth-order valence-electron chi connectivity index (χ4n) is 1.55. The molecule has 2 atom stereocenters. The molecule has 5 nitrogen and oxygen atoms in total. The van der Waals surface area contributed by atoms with Gasteiger partial charge in [-0.25, -0.2) is 4.79 Å². The highest BCUT2D eigenvalue weighted by Crippen LogP contribution is 2.12. The number of likely N-dealkylation sites (tertiary alicyclic amines) is 1. The fourth-order valence-corrected chi connectivity index (χ4v) is 1.55. The molecular formula is C9H18N2O3. The first-order valence-electron chi connectivity index (χ1n) is 5.00. The molecule has 1 saturated heterocycles. The summed E-state index contributed by atoms with van der Waals surface area (Å²) in [6, 6.07) is -0.0304. The summed E-state index contributed by atoms with van der Waals surface area (Å²) in [6.07, 6.45) is 0.582. The summed E-state index contributed by atoms with van der Waals surface area (Å²) >= 11 is 0. The standard InChI is InChI=1S/C9H18N2O3/c1-2-5-14-8-6-11(9(12)13)4-3-7(8)10/h7-8H,2-6,10H2,1H3,(H,12,13)/t7-,8+/m0/s1. The Kier molecular flexibility index (Phi) is 4.16. The lowest BCUT2D eigenvalue weighted by Gasteiger charge is -2.35. The van der Waals surface area contributed by atoms with Gasteiger partial charge in [0.15, 0.2) is 0 Å². The second kappa shape index (κ2) is 5.17. The molecule has 14 heavy (non-hydrogen) atoms. The van der Waals surface area contributed by atoms with Crippen LogP contribution in [0.2, 0.25) is 0 Å². The first-order chi connectivity index (χ1) is 6.65. The third kappa shape index (κ3) is 2.85. The van der Waals surface area contributed by atoms with E-state index in [-0.39, 0.29) is 12.1 Å². The molecule has 1 rings (SSSR count). The van der Waals surface area contributed by atoms with Crippen LogP contribution in [0.3, 0.4) is 0 Å². The summed E-state index contributed by atoms with van der Waals surface area (Å²) < 4.78 is 5.49. The van der Waals surface area contributed by atoms with Gasteiger partial charge in [0.2, 0.25) is 0 Å². The van der Waals surface area contributed by atoms with Crippen molar-refractivity contribution < 1.29 is 14.6 Å². The van der Waals surface area contributed by atoms with Crippen LogP contribution in [0.25, 0.3) is 0 Å². The summed E-state index contributed by atoms with van der Waals surface area (Å²) in [5, 5.41) is 8.80. The molecule has 0 unspecified atom stereocenters. The maximum atomic E-state index is 10.7. The predicted octanol–water partition coefficient (Wildman–Crippen LogP) is 0.493. The van der Waals surface area contributed by atoms with Crippen molar-refractivity contribution in [3.05, 3.63) is 0 Å². The molecule has 3 N–H and O–H groups in total. The van der Waals surface area contributed by atoms with Crippen LogP contribution in [0.15, 0.2) is 0 Å². The van der Waals surface area contributed by atoms with Gasteiger partial charge >= 0.3 is 6.09 Å². The number of carbonyl (C=O) groups is 1. The molecule has 0 radical (unpaired) electrons. The van der Waals surface area contributed by atoms with Gasteiger partial charge in [0.25, 0.3) is 0 Å². The second-order valence-corrected chi connectivity index (χ2v) is 3.59. The van der Waals surface area contributed by atoms with E-state index in [1.807, 2.05) is 6.92 Å². The van der Waals surface area contributed by atoms with Crippen molar-refractivity contribution in [1.29, 1.82) is 0 Å². The molecule has 1 fully saturated rings. The van der Waals surface area contributed by atoms with Gasteiger partial charge in [0, 0.05) is 19.2 Å². The quantitative estimate of drug-likeness (QED) is 0.698. The number of amides is 1. The minimum atomic E-state index is -0.887. The van der Waals surface area contributed by atoms with Crippen LogP contribution in [0.5, 0.6) is 0 Å². The summed E-state index contributed by atoms with van der Waals surface area (Å²) in [7, 11) is 0. The Morgan fingerprint density at radius 3 is 3.00 bits per heavy atom. The summed E-state index contributed by atoms with van der Waals surface area (Å²) in [5.74, 6) is 0. The number of rotatable bonds is 3. The highest BCUT2D eigenvalue weighted by molar-refractivity contribution is 5.65. The minimum absolute atomic E-state index is 0.0304. The van der Waals surface area contributed by atoms with Gasteiger partial charge < -0.3 is 20.5 Å². The number of hydrogen-bond acceptors (Lipinski definition) is 3. The summed E-state index contributed by atoms with van der Waals surface area (Å²) in [4.78, 5) is 12.1. The van der Waals surface area contributed by atoms with Gasteiger partial charge in [-0.2, -0.15) is 0 Å². The smallest absolute Gasteiger partial charge is 0.407 e. The van der Waals surface area contributed by atoms with E-state index in [0.29, 0.717) is 26.1 Å². The molecular weight excluding hydrogens is 184 g/mol. The molecule has 0 aromatic carbocycles. The molecule has 82 valence electrons. The highest BCUT2D eigenvalue weighted by atomic mass is 16.5. The Balaban J connectivity index is 2.42. The van der Waals surface area contributed by atoms with E-state index in [2.05, 4.69) is 0 Å². The van der Waals surface area contributed by atoms with E-state index >= 15 is 0 Å². The topological polar surface area (TPSA) is 75.8 Å². The van der Waals surface area contributed by atoms with Crippen molar-refractivity contribution >= 4 is 6.09 Å². The lowest BCUT2D eigenvalue weighted by atomic mass is 10.0. The number of piperidine rings is 1. The van der Waals surface area contributed by atoms with E-state index in [1.165, 1.54) is 4.90 Å². The predicted molar refractivity (Wildman–Crippen MR) is 52.2 cm³/mol. The van der Waals surface area contributed by atoms with Crippen LogP contribution in [-0.2, 0) is 4.74 Å². The van der Waals surface area contributed by atoms with Gasteiger partial charge in [-0.3, -0.25) is 0 Å². The molecule has 1 aliphatic heterocycles. The minimum Gasteiger partial charge on any atom is -0.465 e. The van der Waals surface area contributed by atoms with E-state index in [1.54, 1.807) is 0 Å². The van der Waals surface area contributed by atoms with Crippen molar-refractivity contribution in [1.82, 2.24) is 4.90 Å². The van der Waals surface area contributed by atoms with Gasteiger partial charge in [0.1, 0.15) is 0 Å². The number of nitrogens with zero attached hydrogens (tertiary/aromatic N) is 1. The number of nitrogens with two attached hydrogens (primary N) is 1. The monoisotopic (exact) mass is 202 g/mol.